The van der Waals surface area contributed by atoms with Gasteiger partial charge in [0.25, 0.3) is 0 Å². The standard InChI is InChI=1S/C13H18O2/c1-3-14-13(15-4-2)11-10-12-8-6-5-7-9-12/h5-11,13H,3-4H2,1-2H3. The van der Waals surface area contributed by atoms with Gasteiger partial charge in [-0.05, 0) is 25.5 Å². The van der Waals surface area contributed by atoms with Gasteiger partial charge in [0.15, 0.2) is 6.29 Å². The lowest BCUT2D eigenvalue weighted by atomic mass is 10.2. The monoisotopic (exact) mass is 206 g/mol. The van der Waals surface area contributed by atoms with Gasteiger partial charge >= 0.3 is 0 Å². The quantitative estimate of drug-likeness (QED) is 0.666. The average Bonchev–Trinajstić information content (AvgIpc) is 2.28. The molecule has 82 valence electrons. The normalized spacial score (nSPS) is 11.4. The van der Waals surface area contributed by atoms with Crippen LogP contribution in [0.5, 0.6) is 0 Å². The maximum atomic E-state index is 5.40. The predicted octanol–water partition coefficient (Wildman–Crippen LogP) is 3.10. The molecule has 0 radical (unpaired) electrons. The highest BCUT2D eigenvalue weighted by atomic mass is 16.7. The largest absolute Gasteiger partial charge is 0.349 e. The summed E-state index contributed by atoms with van der Waals surface area (Å²) in [5.41, 5.74) is 1.15. The molecule has 0 fully saturated rings. The van der Waals surface area contributed by atoms with Gasteiger partial charge in [-0.2, -0.15) is 0 Å². The summed E-state index contributed by atoms with van der Waals surface area (Å²) < 4.78 is 10.8. The van der Waals surface area contributed by atoms with Gasteiger partial charge < -0.3 is 9.47 Å². The highest BCUT2D eigenvalue weighted by Gasteiger charge is 2.01. The predicted molar refractivity (Wildman–Crippen MR) is 62.5 cm³/mol. The molecule has 0 aliphatic rings. The van der Waals surface area contributed by atoms with Crippen LogP contribution in [-0.2, 0) is 9.47 Å². The topological polar surface area (TPSA) is 18.5 Å². The van der Waals surface area contributed by atoms with Crippen molar-refractivity contribution in [3.05, 3.63) is 42.0 Å². The highest BCUT2D eigenvalue weighted by molar-refractivity contribution is 5.48. The van der Waals surface area contributed by atoms with E-state index in [1.165, 1.54) is 0 Å². The number of benzene rings is 1. The fourth-order valence-corrected chi connectivity index (χ4v) is 1.24. The Morgan fingerprint density at radius 3 is 2.20 bits per heavy atom. The van der Waals surface area contributed by atoms with Crippen molar-refractivity contribution in [1.29, 1.82) is 0 Å². The molecule has 0 unspecified atom stereocenters. The molecule has 0 atom stereocenters. The number of ether oxygens (including phenoxy) is 2. The molecule has 15 heavy (non-hydrogen) atoms. The molecule has 0 amide bonds. The molecular formula is C13H18O2. The molecule has 0 bridgehead atoms. The molecule has 0 spiro atoms. The maximum absolute atomic E-state index is 5.40. The molecule has 1 rings (SSSR count). The van der Waals surface area contributed by atoms with Crippen LogP contribution >= 0.6 is 0 Å². The first-order valence-corrected chi connectivity index (χ1v) is 5.33. The minimum atomic E-state index is -0.236. The van der Waals surface area contributed by atoms with Crippen molar-refractivity contribution in [2.24, 2.45) is 0 Å². The fourth-order valence-electron chi connectivity index (χ4n) is 1.24. The van der Waals surface area contributed by atoms with Crippen molar-refractivity contribution < 1.29 is 9.47 Å². The molecule has 0 N–H and O–H groups in total. The Hall–Kier alpha value is -1.12. The van der Waals surface area contributed by atoms with Gasteiger partial charge in [-0.1, -0.05) is 36.4 Å². The average molecular weight is 206 g/mol. The molecule has 0 aromatic heterocycles. The Kier molecular flexibility index (Phi) is 5.74. The molecule has 2 nitrogen and oxygen atoms in total. The zero-order chi connectivity index (χ0) is 10.9. The van der Waals surface area contributed by atoms with Crippen molar-refractivity contribution >= 4 is 6.08 Å². The van der Waals surface area contributed by atoms with Crippen LogP contribution in [0.25, 0.3) is 6.08 Å². The van der Waals surface area contributed by atoms with Crippen LogP contribution in [0.4, 0.5) is 0 Å². The first kappa shape index (κ1) is 12.0. The highest BCUT2D eigenvalue weighted by Crippen LogP contribution is 2.04. The lowest BCUT2D eigenvalue weighted by molar-refractivity contribution is -0.103. The lowest BCUT2D eigenvalue weighted by Crippen LogP contribution is -2.13. The van der Waals surface area contributed by atoms with E-state index < -0.39 is 0 Å². The Labute approximate surface area is 91.5 Å². The molecule has 0 saturated heterocycles. The smallest absolute Gasteiger partial charge is 0.177 e. The third-order valence-corrected chi connectivity index (χ3v) is 1.91. The van der Waals surface area contributed by atoms with Crippen LogP contribution in [0.2, 0.25) is 0 Å². The Morgan fingerprint density at radius 1 is 1.07 bits per heavy atom. The maximum Gasteiger partial charge on any atom is 0.177 e. The number of rotatable bonds is 6. The van der Waals surface area contributed by atoms with E-state index in [1.807, 2.05) is 56.3 Å². The molecule has 0 saturated carbocycles. The van der Waals surface area contributed by atoms with Crippen LogP contribution in [0.1, 0.15) is 19.4 Å². The van der Waals surface area contributed by atoms with Crippen molar-refractivity contribution in [3.63, 3.8) is 0 Å². The Bertz CT molecular complexity index is 274. The van der Waals surface area contributed by atoms with Gasteiger partial charge in [-0.15, -0.1) is 0 Å². The molecule has 0 aliphatic carbocycles. The summed E-state index contributed by atoms with van der Waals surface area (Å²) in [5.74, 6) is 0. The van der Waals surface area contributed by atoms with Crippen LogP contribution < -0.4 is 0 Å². The van der Waals surface area contributed by atoms with Gasteiger partial charge in [0.05, 0.1) is 0 Å². The van der Waals surface area contributed by atoms with Crippen LogP contribution in [0.3, 0.4) is 0 Å². The van der Waals surface area contributed by atoms with Gasteiger partial charge in [0.1, 0.15) is 0 Å². The Morgan fingerprint density at radius 2 is 1.67 bits per heavy atom. The molecular weight excluding hydrogens is 188 g/mol. The minimum absolute atomic E-state index is 0.236. The van der Waals surface area contributed by atoms with Crippen molar-refractivity contribution in [1.82, 2.24) is 0 Å². The summed E-state index contributed by atoms with van der Waals surface area (Å²) in [4.78, 5) is 0. The summed E-state index contributed by atoms with van der Waals surface area (Å²) in [7, 11) is 0. The third kappa shape index (κ3) is 4.77. The SMILES string of the molecule is CCOC(C=Cc1ccccc1)OCC. The second-order valence-corrected chi connectivity index (χ2v) is 3.05. The van der Waals surface area contributed by atoms with E-state index in [0.29, 0.717) is 13.2 Å². The van der Waals surface area contributed by atoms with E-state index in [2.05, 4.69) is 0 Å². The first-order chi connectivity index (χ1) is 7.36. The summed E-state index contributed by atoms with van der Waals surface area (Å²) >= 11 is 0. The van der Waals surface area contributed by atoms with E-state index in [4.69, 9.17) is 9.47 Å². The second kappa shape index (κ2) is 7.21. The van der Waals surface area contributed by atoms with E-state index in [-0.39, 0.29) is 6.29 Å². The van der Waals surface area contributed by atoms with Crippen molar-refractivity contribution in [2.45, 2.75) is 20.1 Å². The summed E-state index contributed by atoms with van der Waals surface area (Å²) in [5, 5.41) is 0. The Balaban J connectivity index is 2.53. The van der Waals surface area contributed by atoms with Crippen LogP contribution in [-0.4, -0.2) is 19.5 Å². The fraction of sp³-hybridized carbons (Fsp3) is 0.385. The minimum Gasteiger partial charge on any atom is -0.349 e. The van der Waals surface area contributed by atoms with Crippen LogP contribution in [0, 0.1) is 0 Å². The number of hydrogen-bond acceptors (Lipinski definition) is 2. The van der Waals surface area contributed by atoms with E-state index in [1.54, 1.807) is 0 Å². The van der Waals surface area contributed by atoms with E-state index in [9.17, 15) is 0 Å². The van der Waals surface area contributed by atoms with Crippen LogP contribution in [0.15, 0.2) is 36.4 Å². The zero-order valence-corrected chi connectivity index (χ0v) is 9.35. The first-order valence-electron chi connectivity index (χ1n) is 5.33. The van der Waals surface area contributed by atoms with Gasteiger partial charge in [-0.3, -0.25) is 0 Å². The van der Waals surface area contributed by atoms with Gasteiger partial charge in [-0.25, -0.2) is 0 Å². The summed E-state index contributed by atoms with van der Waals surface area (Å²) in [6.45, 7) is 5.23. The molecule has 1 aromatic carbocycles. The number of hydrogen-bond donors (Lipinski definition) is 0. The molecule has 0 aliphatic heterocycles. The molecule has 2 heteroatoms. The summed E-state index contributed by atoms with van der Waals surface area (Å²) in [6, 6.07) is 10.1. The molecule has 1 aromatic rings. The van der Waals surface area contributed by atoms with Crippen molar-refractivity contribution in [2.75, 3.05) is 13.2 Å². The zero-order valence-electron chi connectivity index (χ0n) is 9.35. The summed E-state index contributed by atoms with van der Waals surface area (Å²) in [6.07, 6.45) is 3.71. The van der Waals surface area contributed by atoms with Crippen molar-refractivity contribution in [3.8, 4) is 0 Å². The van der Waals surface area contributed by atoms with E-state index >= 15 is 0 Å². The molecule has 0 heterocycles. The lowest BCUT2D eigenvalue weighted by Gasteiger charge is -2.12. The van der Waals surface area contributed by atoms with Gasteiger partial charge in [0, 0.05) is 13.2 Å². The second-order valence-electron chi connectivity index (χ2n) is 3.05. The van der Waals surface area contributed by atoms with E-state index in [0.717, 1.165) is 5.56 Å². The third-order valence-electron chi connectivity index (χ3n) is 1.91. The van der Waals surface area contributed by atoms with Gasteiger partial charge in [0.2, 0.25) is 0 Å².